The average molecular weight is 320 g/mol. The van der Waals surface area contributed by atoms with Crippen molar-refractivity contribution < 1.29 is 13.9 Å². The second-order valence-electron chi connectivity index (χ2n) is 7.88. The van der Waals surface area contributed by atoms with E-state index in [1.54, 1.807) is 0 Å². The van der Waals surface area contributed by atoms with Crippen molar-refractivity contribution in [1.82, 2.24) is 10.6 Å². The van der Waals surface area contributed by atoms with Crippen LogP contribution in [0.4, 0.5) is 4.79 Å². The predicted octanol–water partition coefficient (Wildman–Crippen LogP) is 3.34. The number of hydrogen-bond donors (Lipinski definition) is 2. The zero-order valence-electron chi connectivity index (χ0n) is 14.4. The lowest BCUT2D eigenvalue weighted by atomic mass is 9.72. The number of nitrogens with one attached hydrogen (secondary N) is 2. The molecule has 1 aliphatic carbocycles. The molecule has 0 saturated heterocycles. The Kier molecular flexibility index (Phi) is 4.41. The van der Waals surface area contributed by atoms with Crippen LogP contribution in [0.2, 0.25) is 0 Å². The second-order valence-corrected chi connectivity index (χ2v) is 7.88. The monoisotopic (exact) mass is 320 g/mol. The summed E-state index contributed by atoms with van der Waals surface area (Å²) < 4.78 is 11.1. The first-order chi connectivity index (χ1) is 10.9. The van der Waals surface area contributed by atoms with Crippen LogP contribution in [0.1, 0.15) is 57.8 Å². The Labute approximate surface area is 138 Å². The largest absolute Gasteiger partial charge is 0.467 e. The van der Waals surface area contributed by atoms with E-state index in [1.807, 2.05) is 27.0 Å². The van der Waals surface area contributed by atoms with Gasteiger partial charge in [0, 0.05) is 13.1 Å². The van der Waals surface area contributed by atoms with Gasteiger partial charge in [-0.25, -0.2) is 4.79 Å². The van der Waals surface area contributed by atoms with Crippen molar-refractivity contribution in [2.45, 2.75) is 64.0 Å². The van der Waals surface area contributed by atoms with Crippen molar-refractivity contribution in [3.8, 4) is 0 Å². The number of amides is 1. The van der Waals surface area contributed by atoms with Crippen molar-refractivity contribution in [3.63, 3.8) is 0 Å². The summed E-state index contributed by atoms with van der Waals surface area (Å²) in [5.41, 5.74) is 0.839. The summed E-state index contributed by atoms with van der Waals surface area (Å²) in [5, 5.41) is 6.62. The van der Waals surface area contributed by atoms with Crippen LogP contribution < -0.4 is 10.6 Å². The highest BCUT2D eigenvalue weighted by molar-refractivity contribution is 5.67. The molecule has 2 unspecified atom stereocenters. The van der Waals surface area contributed by atoms with Crippen LogP contribution in [0.15, 0.2) is 16.7 Å². The lowest BCUT2D eigenvalue weighted by Crippen LogP contribution is -2.51. The summed E-state index contributed by atoms with van der Waals surface area (Å²) in [5.74, 6) is 1.56. The standard InChI is InChI=1S/C18H28N2O3/c1-17(2,3)23-16(21)19-12-13-5-4-8-18(11-13)15-14(6-9-20-18)7-10-22-15/h7,10,13,20H,4-6,8-9,11-12H2,1-3H3,(H,19,21). The summed E-state index contributed by atoms with van der Waals surface area (Å²) in [4.78, 5) is 11.9. The first-order valence-corrected chi connectivity index (χ1v) is 8.67. The molecule has 2 N–H and O–H groups in total. The van der Waals surface area contributed by atoms with Crippen molar-refractivity contribution in [1.29, 1.82) is 0 Å². The Balaban J connectivity index is 1.61. The first kappa shape index (κ1) is 16.4. The zero-order chi connectivity index (χ0) is 16.5. The minimum Gasteiger partial charge on any atom is -0.467 e. The van der Waals surface area contributed by atoms with Crippen LogP contribution >= 0.6 is 0 Å². The van der Waals surface area contributed by atoms with Crippen molar-refractivity contribution in [2.75, 3.05) is 13.1 Å². The summed E-state index contributed by atoms with van der Waals surface area (Å²) >= 11 is 0. The number of alkyl carbamates (subject to hydrolysis) is 1. The maximum Gasteiger partial charge on any atom is 0.407 e. The van der Waals surface area contributed by atoms with Gasteiger partial charge in [0.25, 0.3) is 0 Å². The number of ether oxygens (including phenoxy) is 1. The SMILES string of the molecule is CC(C)(C)OC(=O)NCC1CCCC2(C1)NCCc1ccoc12. The summed E-state index contributed by atoms with van der Waals surface area (Å²) in [6, 6.07) is 2.10. The van der Waals surface area contributed by atoms with E-state index in [9.17, 15) is 4.79 Å². The molecule has 3 rings (SSSR count). The van der Waals surface area contributed by atoms with Gasteiger partial charge in [0.2, 0.25) is 0 Å². The molecule has 1 amide bonds. The van der Waals surface area contributed by atoms with E-state index in [-0.39, 0.29) is 11.6 Å². The minimum atomic E-state index is -0.453. The number of hydrogen-bond acceptors (Lipinski definition) is 4. The van der Waals surface area contributed by atoms with Gasteiger partial charge in [-0.2, -0.15) is 0 Å². The smallest absolute Gasteiger partial charge is 0.407 e. The molecule has 0 bridgehead atoms. The molecular formula is C18H28N2O3. The Bertz CT molecular complexity index is 561. The van der Waals surface area contributed by atoms with Crippen LogP contribution in [-0.2, 0) is 16.7 Å². The molecule has 2 heterocycles. The minimum absolute atomic E-state index is 0.0460. The molecule has 0 aromatic carbocycles. The van der Waals surface area contributed by atoms with Gasteiger partial charge in [-0.3, -0.25) is 0 Å². The van der Waals surface area contributed by atoms with Gasteiger partial charge >= 0.3 is 6.09 Å². The van der Waals surface area contributed by atoms with Gasteiger partial charge in [-0.15, -0.1) is 0 Å². The number of furan rings is 1. The van der Waals surface area contributed by atoms with Crippen LogP contribution in [-0.4, -0.2) is 24.8 Å². The Hall–Kier alpha value is -1.49. The normalized spacial score (nSPS) is 27.5. The van der Waals surface area contributed by atoms with Crippen molar-refractivity contribution >= 4 is 6.09 Å². The second kappa shape index (κ2) is 6.19. The quantitative estimate of drug-likeness (QED) is 0.877. The zero-order valence-corrected chi connectivity index (χ0v) is 14.4. The predicted molar refractivity (Wildman–Crippen MR) is 88.3 cm³/mol. The molecule has 128 valence electrons. The van der Waals surface area contributed by atoms with Gasteiger partial charge in [-0.1, -0.05) is 6.42 Å². The number of fused-ring (bicyclic) bond motifs is 2. The van der Waals surface area contributed by atoms with Crippen LogP contribution in [0.3, 0.4) is 0 Å². The molecule has 2 atom stereocenters. The maximum atomic E-state index is 11.9. The molecule has 1 aromatic rings. The van der Waals surface area contributed by atoms with Crippen molar-refractivity contribution in [3.05, 3.63) is 23.7 Å². The molecule has 1 spiro atoms. The molecule has 5 heteroatoms. The number of rotatable bonds is 2. The molecular weight excluding hydrogens is 292 g/mol. The maximum absolute atomic E-state index is 11.9. The molecule has 2 aliphatic rings. The molecule has 0 radical (unpaired) electrons. The van der Waals surface area contributed by atoms with E-state index in [1.165, 1.54) is 5.56 Å². The topological polar surface area (TPSA) is 63.5 Å². The Morgan fingerprint density at radius 1 is 1.52 bits per heavy atom. The lowest BCUT2D eigenvalue weighted by molar-refractivity contribution is 0.0502. The molecule has 23 heavy (non-hydrogen) atoms. The average Bonchev–Trinajstić information content (AvgIpc) is 2.94. The van der Waals surface area contributed by atoms with E-state index >= 15 is 0 Å². The van der Waals surface area contributed by atoms with Gasteiger partial charge in [-0.05, 0) is 64.0 Å². The highest BCUT2D eigenvalue weighted by atomic mass is 16.6. The van der Waals surface area contributed by atoms with Gasteiger partial charge in [0.1, 0.15) is 11.4 Å². The van der Waals surface area contributed by atoms with Crippen LogP contribution in [0.25, 0.3) is 0 Å². The van der Waals surface area contributed by atoms with Gasteiger partial charge in [0.15, 0.2) is 0 Å². The van der Waals surface area contributed by atoms with E-state index in [0.717, 1.165) is 44.4 Å². The van der Waals surface area contributed by atoms with Crippen molar-refractivity contribution in [2.24, 2.45) is 5.92 Å². The fraction of sp³-hybridized carbons (Fsp3) is 0.722. The molecule has 1 aliphatic heterocycles. The molecule has 1 aromatic heterocycles. The first-order valence-electron chi connectivity index (χ1n) is 8.67. The third-order valence-electron chi connectivity index (χ3n) is 4.83. The highest BCUT2D eigenvalue weighted by Crippen LogP contribution is 2.43. The third-order valence-corrected chi connectivity index (χ3v) is 4.83. The lowest BCUT2D eigenvalue weighted by Gasteiger charge is -2.43. The summed E-state index contributed by atoms with van der Waals surface area (Å²) in [7, 11) is 0. The fourth-order valence-corrected chi connectivity index (χ4v) is 3.94. The molecule has 1 fully saturated rings. The van der Waals surface area contributed by atoms with E-state index in [0.29, 0.717) is 12.5 Å². The number of carbonyl (C=O) groups is 1. The fourth-order valence-electron chi connectivity index (χ4n) is 3.94. The van der Waals surface area contributed by atoms with E-state index < -0.39 is 5.60 Å². The van der Waals surface area contributed by atoms with Crippen LogP contribution in [0.5, 0.6) is 0 Å². The van der Waals surface area contributed by atoms with Gasteiger partial charge in [0.05, 0.1) is 11.8 Å². The van der Waals surface area contributed by atoms with Gasteiger partial charge < -0.3 is 19.8 Å². The highest BCUT2D eigenvalue weighted by Gasteiger charge is 2.43. The van der Waals surface area contributed by atoms with E-state index in [4.69, 9.17) is 9.15 Å². The molecule has 1 saturated carbocycles. The summed E-state index contributed by atoms with van der Waals surface area (Å²) in [6.07, 6.45) is 6.91. The van der Waals surface area contributed by atoms with Crippen LogP contribution in [0, 0.1) is 5.92 Å². The summed E-state index contributed by atoms with van der Waals surface area (Å²) in [6.45, 7) is 7.30. The number of carbonyl (C=O) groups excluding carboxylic acids is 1. The Morgan fingerprint density at radius 3 is 3.13 bits per heavy atom. The Morgan fingerprint density at radius 2 is 2.35 bits per heavy atom. The van der Waals surface area contributed by atoms with E-state index in [2.05, 4.69) is 16.7 Å². The molecule has 5 nitrogen and oxygen atoms in total. The third kappa shape index (κ3) is 3.71.